The van der Waals surface area contributed by atoms with Crippen molar-refractivity contribution in [1.82, 2.24) is 9.88 Å². The standard InChI is InChI=1S/C20H18ClF3N2O3S/c21-14-9-13(20(22,23)24)10-25-19(14)30-11-18(27)26-5-1-2-15(26)12-3-4-16-17(8-12)29-7-6-28-16/h3-4,8-10,15H,1-2,5-7,11H2. The van der Waals surface area contributed by atoms with Crippen LogP contribution in [0.3, 0.4) is 0 Å². The van der Waals surface area contributed by atoms with Gasteiger partial charge < -0.3 is 14.4 Å². The maximum atomic E-state index is 12.8. The van der Waals surface area contributed by atoms with E-state index in [-0.39, 0.29) is 27.8 Å². The second kappa shape index (κ2) is 8.55. The Hall–Kier alpha value is -2.13. The number of aromatic nitrogens is 1. The van der Waals surface area contributed by atoms with Crippen LogP contribution < -0.4 is 9.47 Å². The van der Waals surface area contributed by atoms with E-state index in [1.54, 1.807) is 4.90 Å². The van der Waals surface area contributed by atoms with E-state index < -0.39 is 11.7 Å². The van der Waals surface area contributed by atoms with E-state index >= 15 is 0 Å². The van der Waals surface area contributed by atoms with Gasteiger partial charge in [0.25, 0.3) is 0 Å². The van der Waals surface area contributed by atoms with Crippen molar-refractivity contribution in [2.24, 2.45) is 0 Å². The Morgan fingerprint density at radius 1 is 1.23 bits per heavy atom. The molecule has 2 aliphatic heterocycles. The average Bonchev–Trinajstić information content (AvgIpc) is 3.21. The number of pyridine rings is 1. The van der Waals surface area contributed by atoms with Crippen LogP contribution in [0.2, 0.25) is 5.02 Å². The van der Waals surface area contributed by atoms with Crippen LogP contribution in [0.5, 0.6) is 11.5 Å². The van der Waals surface area contributed by atoms with Crippen LogP contribution in [-0.2, 0) is 11.0 Å². The molecule has 4 rings (SSSR count). The van der Waals surface area contributed by atoms with Gasteiger partial charge in [0.05, 0.1) is 22.4 Å². The Morgan fingerprint density at radius 3 is 2.73 bits per heavy atom. The van der Waals surface area contributed by atoms with Crippen molar-refractivity contribution in [3.63, 3.8) is 0 Å². The second-order valence-electron chi connectivity index (χ2n) is 6.95. The van der Waals surface area contributed by atoms with Crippen LogP contribution in [0.4, 0.5) is 13.2 Å². The lowest BCUT2D eigenvalue weighted by Gasteiger charge is -2.26. The SMILES string of the molecule is O=C(CSc1ncc(C(F)(F)F)cc1Cl)N1CCCC1c1ccc2c(c1)OCCO2. The summed E-state index contributed by atoms with van der Waals surface area (Å²) in [5.74, 6) is 1.29. The number of carbonyl (C=O) groups is 1. The Kier molecular flexibility index (Phi) is 6.02. The fourth-order valence-corrected chi connectivity index (χ4v) is 4.66. The molecule has 0 saturated carbocycles. The van der Waals surface area contributed by atoms with E-state index in [0.717, 1.165) is 42.4 Å². The van der Waals surface area contributed by atoms with Crippen LogP contribution in [0.25, 0.3) is 0 Å². The molecule has 1 aromatic carbocycles. The number of alkyl halides is 3. The van der Waals surface area contributed by atoms with Crippen LogP contribution in [0.1, 0.15) is 30.0 Å². The number of ether oxygens (including phenoxy) is 2. The van der Waals surface area contributed by atoms with Crippen molar-refractivity contribution >= 4 is 29.3 Å². The summed E-state index contributed by atoms with van der Waals surface area (Å²) in [7, 11) is 0. The number of halogens is 4. The number of hydrogen-bond acceptors (Lipinski definition) is 5. The molecule has 3 heterocycles. The molecule has 1 amide bonds. The largest absolute Gasteiger partial charge is 0.486 e. The number of rotatable bonds is 4. The van der Waals surface area contributed by atoms with Crippen molar-refractivity contribution in [1.29, 1.82) is 0 Å². The highest BCUT2D eigenvalue weighted by molar-refractivity contribution is 8.00. The molecule has 2 aromatic rings. The zero-order chi connectivity index (χ0) is 21.3. The maximum Gasteiger partial charge on any atom is 0.417 e. The molecule has 0 radical (unpaired) electrons. The number of benzene rings is 1. The first-order valence-electron chi connectivity index (χ1n) is 9.37. The van der Waals surface area contributed by atoms with Crippen molar-refractivity contribution in [2.75, 3.05) is 25.5 Å². The Labute approximate surface area is 180 Å². The third kappa shape index (κ3) is 4.46. The third-order valence-electron chi connectivity index (χ3n) is 4.99. The summed E-state index contributed by atoms with van der Waals surface area (Å²) in [6, 6.07) is 6.45. The number of carbonyl (C=O) groups excluding carboxylic acids is 1. The van der Waals surface area contributed by atoms with Gasteiger partial charge in [0.1, 0.15) is 18.2 Å². The predicted molar refractivity (Wildman–Crippen MR) is 106 cm³/mol. The number of fused-ring (bicyclic) bond motifs is 1. The van der Waals surface area contributed by atoms with Gasteiger partial charge in [-0.2, -0.15) is 13.2 Å². The third-order valence-corrected chi connectivity index (χ3v) is 6.38. The first kappa shape index (κ1) is 21.1. The second-order valence-corrected chi connectivity index (χ2v) is 8.32. The maximum absolute atomic E-state index is 12.8. The van der Waals surface area contributed by atoms with Gasteiger partial charge in [0.15, 0.2) is 11.5 Å². The van der Waals surface area contributed by atoms with Crippen molar-refractivity contribution in [3.8, 4) is 11.5 Å². The molecule has 1 saturated heterocycles. The Morgan fingerprint density at radius 2 is 2.00 bits per heavy atom. The first-order chi connectivity index (χ1) is 14.3. The zero-order valence-electron chi connectivity index (χ0n) is 15.7. The molecule has 0 N–H and O–H groups in total. The average molecular weight is 459 g/mol. The van der Waals surface area contributed by atoms with Gasteiger partial charge in [-0.1, -0.05) is 29.4 Å². The number of thioether (sulfide) groups is 1. The van der Waals surface area contributed by atoms with E-state index in [4.69, 9.17) is 21.1 Å². The molecule has 0 bridgehead atoms. The minimum absolute atomic E-state index is 0.0408. The normalized spacial score (nSPS) is 18.5. The van der Waals surface area contributed by atoms with Crippen LogP contribution >= 0.6 is 23.4 Å². The van der Waals surface area contributed by atoms with Crippen molar-refractivity contribution in [3.05, 3.63) is 46.6 Å². The topological polar surface area (TPSA) is 51.7 Å². The van der Waals surface area contributed by atoms with Gasteiger partial charge in [-0.25, -0.2) is 4.98 Å². The summed E-state index contributed by atoms with van der Waals surface area (Å²) >= 11 is 6.97. The lowest BCUT2D eigenvalue weighted by Crippen LogP contribution is -2.32. The molecule has 1 aromatic heterocycles. The number of nitrogens with zero attached hydrogens (tertiary/aromatic N) is 2. The molecule has 160 valence electrons. The smallest absolute Gasteiger partial charge is 0.417 e. The van der Waals surface area contributed by atoms with Crippen LogP contribution in [0.15, 0.2) is 35.5 Å². The van der Waals surface area contributed by atoms with Gasteiger partial charge in [-0.3, -0.25) is 4.79 Å². The molecule has 0 spiro atoms. The molecule has 1 atom stereocenters. The molecule has 10 heteroatoms. The van der Waals surface area contributed by atoms with Crippen LogP contribution in [0, 0.1) is 0 Å². The Balaban J connectivity index is 1.43. The summed E-state index contributed by atoms with van der Waals surface area (Å²) in [6.07, 6.45) is -2.08. The molecular formula is C20H18ClF3N2O3S. The first-order valence-corrected chi connectivity index (χ1v) is 10.7. The fraction of sp³-hybridized carbons (Fsp3) is 0.400. The molecule has 2 aliphatic rings. The Bertz CT molecular complexity index is 957. The van der Waals surface area contributed by atoms with Gasteiger partial charge in [-0.05, 0) is 36.6 Å². The van der Waals surface area contributed by atoms with E-state index in [0.29, 0.717) is 31.3 Å². The lowest BCUT2D eigenvalue weighted by molar-refractivity contribution is -0.138. The lowest BCUT2D eigenvalue weighted by atomic mass is 10.0. The van der Waals surface area contributed by atoms with E-state index in [2.05, 4.69) is 4.98 Å². The highest BCUT2D eigenvalue weighted by Crippen LogP contribution is 2.39. The van der Waals surface area contributed by atoms with E-state index in [9.17, 15) is 18.0 Å². The predicted octanol–water partition coefficient (Wildman–Crippen LogP) is 4.98. The monoisotopic (exact) mass is 458 g/mol. The summed E-state index contributed by atoms with van der Waals surface area (Å²) in [5, 5.41) is 0.0838. The summed E-state index contributed by atoms with van der Waals surface area (Å²) in [6.45, 7) is 1.62. The minimum Gasteiger partial charge on any atom is -0.486 e. The van der Waals surface area contributed by atoms with Gasteiger partial charge in [0, 0.05) is 12.7 Å². The highest BCUT2D eigenvalue weighted by atomic mass is 35.5. The zero-order valence-corrected chi connectivity index (χ0v) is 17.3. The summed E-state index contributed by atoms with van der Waals surface area (Å²) in [4.78, 5) is 18.4. The fourth-order valence-electron chi connectivity index (χ4n) is 3.58. The van der Waals surface area contributed by atoms with Crippen molar-refractivity contribution < 1.29 is 27.4 Å². The molecule has 1 unspecified atom stereocenters. The van der Waals surface area contributed by atoms with Gasteiger partial charge in [-0.15, -0.1) is 0 Å². The highest BCUT2D eigenvalue weighted by Gasteiger charge is 2.33. The molecule has 1 fully saturated rings. The molecule has 5 nitrogen and oxygen atoms in total. The van der Waals surface area contributed by atoms with Gasteiger partial charge >= 0.3 is 6.18 Å². The van der Waals surface area contributed by atoms with Crippen LogP contribution in [-0.4, -0.2) is 41.3 Å². The number of hydrogen-bond donors (Lipinski definition) is 0. The molecule has 30 heavy (non-hydrogen) atoms. The molecular weight excluding hydrogens is 441 g/mol. The quantitative estimate of drug-likeness (QED) is 0.605. The van der Waals surface area contributed by atoms with Crippen molar-refractivity contribution in [2.45, 2.75) is 30.1 Å². The number of amides is 1. The number of likely N-dealkylation sites (tertiary alicyclic amines) is 1. The van der Waals surface area contributed by atoms with Gasteiger partial charge in [0.2, 0.25) is 5.91 Å². The minimum atomic E-state index is -4.51. The summed E-state index contributed by atoms with van der Waals surface area (Å²) in [5.41, 5.74) is 0.0576. The molecule has 0 aliphatic carbocycles. The van der Waals surface area contributed by atoms with E-state index in [1.807, 2.05) is 18.2 Å². The van der Waals surface area contributed by atoms with E-state index in [1.165, 1.54) is 0 Å². The summed E-state index contributed by atoms with van der Waals surface area (Å²) < 4.78 is 49.4.